The lowest BCUT2D eigenvalue weighted by Gasteiger charge is -2.28. The van der Waals surface area contributed by atoms with Gasteiger partial charge in [-0.25, -0.2) is 9.67 Å². The molecule has 1 aromatic heterocycles. The van der Waals surface area contributed by atoms with E-state index in [0.29, 0.717) is 44.0 Å². The van der Waals surface area contributed by atoms with Crippen LogP contribution in [0, 0.1) is 5.41 Å². The van der Waals surface area contributed by atoms with Crippen molar-refractivity contribution in [3.05, 3.63) is 36.9 Å². The second-order valence-electron chi connectivity index (χ2n) is 5.68. The Bertz CT molecular complexity index is 630. The number of nitrogens with one attached hydrogen (secondary N) is 1. The molecule has 24 heavy (non-hydrogen) atoms. The molecule has 2 rings (SSSR count). The summed E-state index contributed by atoms with van der Waals surface area (Å²) in [6.07, 6.45) is 4.54. The van der Waals surface area contributed by atoms with E-state index in [1.54, 1.807) is 11.0 Å². The van der Waals surface area contributed by atoms with E-state index >= 15 is 0 Å². The Morgan fingerprint density at radius 3 is 2.79 bits per heavy atom. The molecular weight excluding hydrogens is 306 g/mol. The van der Waals surface area contributed by atoms with Crippen LogP contribution in [0.3, 0.4) is 0 Å². The Hall–Kier alpha value is -2.41. The number of benzene rings is 1. The van der Waals surface area contributed by atoms with Crippen LogP contribution < -0.4 is 15.8 Å². The van der Waals surface area contributed by atoms with Gasteiger partial charge in [0, 0.05) is 18.3 Å². The SMILES string of the molecule is CCC(CC)(CN)C(=O)Nc1cccc(OCCn2cncn2)c1. The Morgan fingerprint density at radius 1 is 1.38 bits per heavy atom. The van der Waals surface area contributed by atoms with Crippen molar-refractivity contribution < 1.29 is 9.53 Å². The molecule has 0 unspecified atom stereocenters. The quantitative estimate of drug-likeness (QED) is 0.733. The summed E-state index contributed by atoms with van der Waals surface area (Å²) in [6, 6.07) is 7.36. The molecule has 2 aromatic rings. The van der Waals surface area contributed by atoms with Gasteiger partial charge < -0.3 is 15.8 Å². The maximum atomic E-state index is 12.6. The van der Waals surface area contributed by atoms with Crippen LogP contribution in [0.4, 0.5) is 5.69 Å². The molecule has 1 amide bonds. The molecule has 0 aliphatic carbocycles. The second-order valence-corrected chi connectivity index (χ2v) is 5.68. The highest BCUT2D eigenvalue weighted by Crippen LogP contribution is 2.27. The van der Waals surface area contributed by atoms with Crippen LogP contribution in [0.2, 0.25) is 0 Å². The van der Waals surface area contributed by atoms with Gasteiger partial charge in [-0.2, -0.15) is 5.10 Å². The van der Waals surface area contributed by atoms with Gasteiger partial charge in [-0.15, -0.1) is 0 Å². The molecule has 0 aliphatic rings. The Balaban J connectivity index is 1.95. The molecule has 0 bridgehead atoms. The van der Waals surface area contributed by atoms with E-state index in [2.05, 4.69) is 15.4 Å². The lowest BCUT2D eigenvalue weighted by molar-refractivity contribution is -0.125. The molecule has 0 atom stereocenters. The number of nitrogens with zero attached hydrogens (tertiary/aromatic N) is 3. The molecule has 0 saturated heterocycles. The fourth-order valence-electron chi connectivity index (χ4n) is 2.49. The van der Waals surface area contributed by atoms with Crippen LogP contribution in [-0.2, 0) is 11.3 Å². The van der Waals surface area contributed by atoms with Gasteiger partial charge in [-0.1, -0.05) is 19.9 Å². The molecule has 130 valence electrons. The first-order chi connectivity index (χ1) is 11.6. The number of carbonyl (C=O) groups excluding carboxylic acids is 1. The molecule has 7 heteroatoms. The largest absolute Gasteiger partial charge is 0.492 e. The van der Waals surface area contributed by atoms with Crippen molar-refractivity contribution in [1.82, 2.24) is 14.8 Å². The van der Waals surface area contributed by atoms with Crippen LogP contribution in [-0.4, -0.2) is 33.8 Å². The van der Waals surface area contributed by atoms with Gasteiger partial charge in [0.15, 0.2) is 0 Å². The summed E-state index contributed by atoms with van der Waals surface area (Å²) in [4.78, 5) is 16.4. The molecule has 1 aromatic carbocycles. The van der Waals surface area contributed by atoms with E-state index in [-0.39, 0.29) is 5.91 Å². The minimum Gasteiger partial charge on any atom is -0.492 e. The Labute approximate surface area is 142 Å². The van der Waals surface area contributed by atoms with Crippen molar-refractivity contribution in [1.29, 1.82) is 0 Å². The third kappa shape index (κ3) is 4.32. The molecule has 0 saturated carbocycles. The predicted molar refractivity (Wildman–Crippen MR) is 92.7 cm³/mol. The third-order valence-corrected chi connectivity index (χ3v) is 4.37. The number of nitrogens with two attached hydrogens (primary N) is 1. The average molecular weight is 331 g/mol. The summed E-state index contributed by atoms with van der Waals surface area (Å²) in [6.45, 7) is 5.38. The lowest BCUT2D eigenvalue weighted by Crippen LogP contribution is -2.41. The van der Waals surface area contributed by atoms with E-state index in [1.165, 1.54) is 6.33 Å². The summed E-state index contributed by atoms with van der Waals surface area (Å²) in [5, 5.41) is 6.97. The fraction of sp³-hybridized carbons (Fsp3) is 0.471. The minimum atomic E-state index is -0.524. The molecule has 3 N–H and O–H groups in total. The van der Waals surface area contributed by atoms with E-state index in [0.717, 1.165) is 0 Å². The fourth-order valence-corrected chi connectivity index (χ4v) is 2.49. The molecule has 7 nitrogen and oxygen atoms in total. The Morgan fingerprint density at radius 2 is 2.17 bits per heavy atom. The van der Waals surface area contributed by atoms with Crippen molar-refractivity contribution in [3.8, 4) is 5.75 Å². The Kier molecular flexibility index (Phi) is 6.31. The van der Waals surface area contributed by atoms with E-state index in [4.69, 9.17) is 10.5 Å². The highest BCUT2D eigenvalue weighted by Gasteiger charge is 2.33. The smallest absolute Gasteiger partial charge is 0.231 e. The van der Waals surface area contributed by atoms with E-state index in [1.807, 2.05) is 38.1 Å². The van der Waals surface area contributed by atoms with Crippen molar-refractivity contribution >= 4 is 11.6 Å². The van der Waals surface area contributed by atoms with Gasteiger partial charge in [0.25, 0.3) is 0 Å². The van der Waals surface area contributed by atoms with Gasteiger partial charge in [0.1, 0.15) is 25.0 Å². The first-order valence-electron chi connectivity index (χ1n) is 8.20. The number of rotatable bonds is 9. The number of amides is 1. The van der Waals surface area contributed by atoms with Gasteiger partial charge in [0.05, 0.1) is 12.0 Å². The zero-order valence-electron chi connectivity index (χ0n) is 14.2. The third-order valence-electron chi connectivity index (χ3n) is 4.37. The van der Waals surface area contributed by atoms with E-state index in [9.17, 15) is 4.79 Å². The second kappa shape index (κ2) is 8.44. The monoisotopic (exact) mass is 331 g/mol. The van der Waals surface area contributed by atoms with Crippen LogP contribution >= 0.6 is 0 Å². The van der Waals surface area contributed by atoms with Gasteiger partial charge >= 0.3 is 0 Å². The summed E-state index contributed by atoms with van der Waals surface area (Å²) in [5.41, 5.74) is 6.01. The molecule has 0 aliphatic heterocycles. The minimum absolute atomic E-state index is 0.0465. The van der Waals surface area contributed by atoms with Gasteiger partial charge in [0.2, 0.25) is 5.91 Å². The van der Waals surface area contributed by atoms with Crippen molar-refractivity contribution in [2.45, 2.75) is 33.2 Å². The summed E-state index contributed by atoms with van der Waals surface area (Å²) < 4.78 is 7.40. The molecule has 0 radical (unpaired) electrons. The average Bonchev–Trinajstić information content (AvgIpc) is 3.11. The van der Waals surface area contributed by atoms with Gasteiger partial charge in [-0.3, -0.25) is 4.79 Å². The van der Waals surface area contributed by atoms with Crippen molar-refractivity contribution in [2.24, 2.45) is 11.1 Å². The molecule has 0 fully saturated rings. The van der Waals surface area contributed by atoms with Crippen LogP contribution in [0.15, 0.2) is 36.9 Å². The number of anilines is 1. The molecule has 1 heterocycles. The van der Waals surface area contributed by atoms with Crippen LogP contribution in [0.25, 0.3) is 0 Å². The summed E-state index contributed by atoms with van der Waals surface area (Å²) >= 11 is 0. The van der Waals surface area contributed by atoms with Crippen LogP contribution in [0.5, 0.6) is 5.75 Å². The predicted octanol–water partition coefficient (Wildman–Crippen LogP) is 2.06. The summed E-state index contributed by atoms with van der Waals surface area (Å²) in [5.74, 6) is 0.647. The first kappa shape index (κ1) is 17.9. The number of carbonyl (C=O) groups is 1. The maximum absolute atomic E-state index is 12.6. The highest BCUT2D eigenvalue weighted by atomic mass is 16.5. The normalized spacial score (nSPS) is 11.3. The maximum Gasteiger partial charge on any atom is 0.231 e. The number of hydrogen-bond donors (Lipinski definition) is 2. The lowest BCUT2D eigenvalue weighted by atomic mass is 9.81. The standard InChI is InChI=1S/C17H25N5O2/c1-3-17(4-2,11-18)16(23)21-14-6-5-7-15(10-14)24-9-8-22-13-19-12-20-22/h5-7,10,12-13H,3-4,8-9,11,18H2,1-2H3,(H,21,23). The number of ether oxygens (including phenoxy) is 1. The number of aromatic nitrogens is 3. The molecule has 0 spiro atoms. The molecular formula is C17H25N5O2. The summed E-state index contributed by atoms with van der Waals surface area (Å²) in [7, 11) is 0. The van der Waals surface area contributed by atoms with Crippen LogP contribution in [0.1, 0.15) is 26.7 Å². The first-order valence-corrected chi connectivity index (χ1v) is 8.20. The zero-order chi connectivity index (χ0) is 17.4. The number of hydrogen-bond acceptors (Lipinski definition) is 5. The van der Waals surface area contributed by atoms with E-state index < -0.39 is 5.41 Å². The van der Waals surface area contributed by atoms with Gasteiger partial charge in [-0.05, 0) is 25.0 Å². The van der Waals surface area contributed by atoms with Crippen molar-refractivity contribution in [2.75, 3.05) is 18.5 Å². The zero-order valence-corrected chi connectivity index (χ0v) is 14.2. The topological polar surface area (TPSA) is 95.1 Å². The highest BCUT2D eigenvalue weighted by molar-refractivity contribution is 5.95. The van der Waals surface area contributed by atoms with Crippen molar-refractivity contribution in [3.63, 3.8) is 0 Å².